The summed E-state index contributed by atoms with van der Waals surface area (Å²) in [6.45, 7) is 0.984. The van der Waals surface area contributed by atoms with Gasteiger partial charge in [0, 0.05) is 28.6 Å². The molecule has 1 aliphatic rings. The lowest BCUT2D eigenvalue weighted by molar-refractivity contribution is 0.527. The highest BCUT2D eigenvalue weighted by Gasteiger charge is 2.14. The van der Waals surface area contributed by atoms with Crippen molar-refractivity contribution < 1.29 is 0 Å². The van der Waals surface area contributed by atoms with E-state index in [0.717, 1.165) is 18.3 Å². The molecule has 4 heteroatoms. The molecule has 1 aromatic heterocycles. The Hall–Kier alpha value is -0.840. The molecular formula is C16H20N2S2. The SMILES string of the molecule is c1ccc(SCc2ncc(CNC3CCCC3)s2)cc1. The summed E-state index contributed by atoms with van der Waals surface area (Å²) in [4.78, 5) is 7.21. The van der Waals surface area contributed by atoms with Gasteiger partial charge in [-0.15, -0.1) is 23.1 Å². The van der Waals surface area contributed by atoms with Gasteiger partial charge in [-0.25, -0.2) is 4.98 Å². The number of thioether (sulfide) groups is 1. The molecule has 106 valence electrons. The molecule has 0 saturated heterocycles. The molecular weight excluding hydrogens is 284 g/mol. The van der Waals surface area contributed by atoms with Gasteiger partial charge in [0.05, 0.1) is 5.75 Å². The molecule has 1 fully saturated rings. The van der Waals surface area contributed by atoms with Gasteiger partial charge in [0.2, 0.25) is 0 Å². The van der Waals surface area contributed by atoms with Crippen LogP contribution in [0.25, 0.3) is 0 Å². The maximum absolute atomic E-state index is 4.53. The number of hydrogen-bond acceptors (Lipinski definition) is 4. The second kappa shape index (κ2) is 7.25. The average molecular weight is 304 g/mol. The number of aromatic nitrogens is 1. The Kier molecular flexibility index (Phi) is 5.12. The fraction of sp³-hybridized carbons (Fsp3) is 0.438. The number of thiazole rings is 1. The van der Waals surface area contributed by atoms with Crippen molar-refractivity contribution >= 4 is 23.1 Å². The first-order valence-electron chi connectivity index (χ1n) is 7.25. The van der Waals surface area contributed by atoms with E-state index in [9.17, 15) is 0 Å². The van der Waals surface area contributed by atoms with Crippen LogP contribution in [0.15, 0.2) is 41.4 Å². The summed E-state index contributed by atoms with van der Waals surface area (Å²) in [5.74, 6) is 0.970. The first-order valence-corrected chi connectivity index (χ1v) is 9.05. The molecule has 0 radical (unpaired) electrons. The average Bonchev–Trinajstić information content (AvgIpc) is 3.16. The molecule has 3 rings (SSSR count). The van der Waals surface area contributed by atoms with E-state index in [1.807, 2.05) is 29.3 Å². The molecule has 2 aromatic rings. The molecule has 2 nitrogen and oxygen atoms in total. The first kappa shape index (κ1) is 14.1. The minimum atomic E-state index is 0.735. The van der Waals surface area contributed by atoms with Crippen molar-refractivity contribution in [2.45, 2.75) is 48.9 Å². The van der Waals surface area contributed by atoms with E-state index in [-0.39, 0.29) is 0 Å². The van der Waals surface area contributed by atoms with Crippen LogP contribution in [0.3, 0.4) is 0 Å². The third-order valence-electron chi connectivity index (χ3n) is 3.63. The molecule has 1 N–H and O–H groups in total. The summed E-state index contributed by atoms with van der Waals surface area (Å²) in [7, 11) is 0. The summed E-state index contributed by atoms with van der Waals surface area (Å²) < 4.78 is 0. The van der Waals surface area contributed by atoms with Crippen LogP contribution in [-0.4, -0.2) is 11.0 Å². The van der Waals surface area contributed by atoms with Crippen molar-refractivity contribution in [1.29, 1.82) is 0 Å². The minimum Gasteiger partial charge on any atom is -0.309 e. The zero-order valence-corrected chi connectivity index (χ0v) is 13.2. The van der Waals surface area contributed by atoms with E-state index in [2.05, 4.69) is 40.6 Å². The highest BCUT2D eigenvalue weighted by Crippen LogP contribution is 2.25. The summed E-state index contributed by atoms with van der Waals surface area (Å²) in [6.07, 6.45) is 7.50. The smallest absolute Gasteiger partial charge is 0.103 e. The number of rotatable bonds is 6. The molecule has 0 atom stereocenters. The molecule has 0 spiro atoms. The summed E-state index contributed by atoms with van der Waals surface area (Å²) in [5.41, 5.74) is 0. The van der Waals surface area contributed by atoms with Crippen LogP contribution in [0.5, 0.6) is 0 Å². The van der Waals surface area contributed by atoms with Gasteiger partial charge in [-0.2, -0.15) is 0 Å². The molecule has 1 aliphatic carbocycles. The molecule has 0 aliphatic heterocycles. The standard InChI is InChI=1S/C16H20N2S2/c1-2-8-14(9-3-1)19-12-16-18-11-15(20-16)10-17-13-6-4-5-7-13/h1-3,8-9,11,13,17H,4-7,10,12H2. The second-order valence-electron chi connectivity index (χ2n) is 5.18. The predicted molar refractivity (Wildman–Crippen MR) is 87.2 cm³/mol. The van der Waals surface area contributed by atoms with E-state index in [1.54, 1.807) is 0 Å². The number of nitrogens with one attached hydrogen (secondary N) is 1. The van der Waals surface area contributed by atoms with Crippen LogP contribution in [0.2, 0.25) is 0 Å². The quantitative estimate of drug-likeness (QED) is 0.797. The minimum absolute atomic E-state index is 0.735. The number of hydrogen-bond donors (Lipinski definition) is 1. The first-order chi connectivity index (χ1) is 9.90. The molecule has 0 amide bonds. The van der Waals surface area contributed by atoms with Gasteiger partial charge in [-0.05, 0) is 25.0 Å². The van der Waals surface area contributed by atoms with Crippen molar-refractivity contribution in [3.05, 3.63) is 46.4 Å². The molecule has 1 saturated carbocycles. The molecule has 1 heterocycles. The summed E-state index contributed by atoms with van der Waals surface area (Å²) in [6, 6.07) is 11.3. The lowest BCUT2D eigenvalue weighted by atomic mass is 10.2. The van der Waals surface area contributed by atoms with Crippen molar-refractivity contribution in [2.75, 3.05) is 0 Å². The molecule has 20 heavy (non-hydrogen) atoms. The summed E-state index contributed by atoms with van der Waals surface area (Å²) >= 11 is 3.70. The lowest BCUT2D eigenvalue weighted by Gasteiger charge is -2.09. The highest BCUT2D eigenvalue weighted by atomic mass is 32.2. The van der Waals surface area contributed by atoms with Gasteiger partial charge in [0.1, 0.15) is 5.01 Å². The van der Waals surface area contributed by atoms with E-state index in [4.69, 9.17) is 0 Å². The van der Waals surface area contributed by atoms with E-state index < -0.39 is 0 Å². The predicted octanol–water partition coefficient (Wildman–Crippen LogP) is 4.47. The van der Waals surface area contributed by atoms with Gasteiger partial charge < -0.3 is 5.32 Å². The topological polar surface area (TPSA) is 24.9 Å². The van der Waals surface area contributed by atoms with Gasteiger partial charge in [0.15, 0.2) is 0 Å². The van der Waals surface area contributed by atoms with Gasteiger partial charge in [0.25, 0.3) is 0 Å². The fourth-order valence-electron chi connectivity index (χ4n) is 2.53. The Bertz CT molecular complexity index is 518. The van der Waals surface area contributed by atoms with E-state index in [1.165, 1.54) is 40.5 Å². The van der Waals surface area contributed by atoms with Gasteiger partial charge in [-0.1, -0.05) is 31.0 Å². The van der Waals surface area contributed by atoms with Crippen LogP contribution in [-0.2, 0) is 12.3 Å². The van der Waals surface area contributed by atoms with Crippen LogP contribution < -0.4 is 5.32 Å². The maximum Gasteiger partial charge on any atom is 0.103 e. The third-order valence-corrected chi connectivity index (χ3v) is 5.83. The number of benzene rings is 1. The molecule has 1 aromatic carbocycles. The Balaban J connectivity index is 1.46. The van der Waals surface area contributed by atoms with Crippen LogP contribution >= 0.6 is 23.1 Å². The zero-order chi connectivity index (χ0) is 13.6. The Morgan fingerprint density at radius 2 is 2.00 bits per heavy atom. The lowest BCUT2D eigenvalue weighted by Crippen LogP contribution is -2.24. The number of nitrogens with zero attached hydrogens (tertiary/aromatic N) is 1. The van der Waals surface area contributed by atoms with E-state index >= 15 is 0 Å². The summed E-state index contributed by atoms with van der Waals surface area (Å²) in [5, 5.41) is 4.87. The molecule has 0 bridgehead atoms. The monoisotopic (exact) mass is 304 g/mol. The Morgan fingerprint density at radius 3 is 2.80 bits per heavy atom. The Labute approximate surface area is 129 Å². The molecule has 0 unspecified atom stereocenters. The second-order valence-corrected chi connectivity index (χ2v) is 7.43. The Morgan fingerprint density at radius 1 is 1.20 bits per heavy atom. The van der Waals surface area contributed by atoms with Crippen molar-refractivity contribution in [3.8, 4) is 0 Å². The van der Waals surface area contributed by atoms with Crippen LogP contribution in [0.1, 0.15) is 35.6 Å². The van der Waals surface area contributed by atoms with Crippen molar-refractivity contribution in [1.82, 2.24) is 10.3 Å². The van der Waals surface area contributed by atoms with Gasteiger partial charge in [-0.3, -0.25) is 0 Å². The normalized spacial score (nSPS) is 15.8. The third kappa shape index (κ3) is 4.08. The fourth-order valence-corrected chi connectivity index (χ4v) is 4.33. The van der Waals surface area contributed by atoms with Crippen LogP contribution in [0.4, 0.5) is 0 Å². The zero-order valence-electron chi connectivity index (χ0n) is 11.5. The largest absolute Gasteiger partial charge is 0.309 e. The van der Waals surface area contributed by atoms with Gasteiger partial charge >= 0.3 is 0 Å². The van der Waals surface area contributed by atoms with Crippen LogP contribution in [0, 0.1) is 0 Å². The van der Waals surface area contributed by atoms with E-state index in [0.29, 0.717) is 0 Å². The maximum atomic E-state index is 4.53. The highest BCUT2D eigenvalue weighted by molar-refractivity contribution is 7.98. The van der Waals surface area contributed by atoms with Crippen molar-refractivity contribution in [3.63, 3.8) is 0 Å². The van der Waals surface area contributed by atoms with Crippen molar-refractivity contribution in [2.24, 2.45) is 0 Å².